The Morgan fingerprint density at radius 1 is 1.07 bits per heavy atom. The Hall–Kier alpha value is -2.15. The third kappa shape index (κ3) is 3.85. The summed E-state index contributed by atoms with van der Waals surface area (Å²) < 4.78 is 0. The smallest absolute Gasteiger partial charge is 0.255 e. The van der Waals surface area contributed by atoms with Crippen molar-refractivity contribution in [2.75, 3.05) is 19.6 Å². The Balaban J connectivity index is 1.39. The molecule has 28 heavy (non-hydrogen) atoms. The predicted octanol–water partition coefficient (Wildman–Crippen LogP) is 1.52. The molecule has 2 amide bonds. The molecule has 0 atom stereocenters. The lowest BCUT2D eigenvalue weighted by Gasteiger charge is -2.50. The first-order valence-corrected chi connectivity index (χ1v) is 10.4. The predicted molar refractivity (Wildman–Crippen MR) is 104 cm³/mol. The highest BCUT2D eigenvalue weighted by Gasteiger charge is 2.43. The minimum absolute atomic E-state index is 0.0453. The van der Waals surface area contributed by atoms with E-state index in [-0.39, 0.29) is 34.9 Å². The summed E-state index contributed by atoms with van der Waals surface area (Å²) >= 11 is 0. The zero-order valence-electron chi connectivity index (χ0n) is 16.2. The van der Waals surface area contributed by atoms with Crippen LogP contribution in [0.5, 0.6) is 0 Å². The molecule has 2 aliphatic heterocycles. The molecule has 152 valence electrons. The Morgan fingerprint density at radius 2 is 1.79 bits per heavy atom. The topological polar surface area (TPSA) is 93.7 Å². The number of hydrogen-bond acceptors (Lipinski definition) is 4. The molecule has 3 heterocycles. The Labute approximate surface area is 164 Å². The van der Waals surface area contributed by atoms with Gasteiger partial charge >= 0.3 is 0 Å². The summed E-state index contributed by atoms with van der Waals surface area (Å²) in [6.45, 7) is 2.15. The van der Waals surface area contributed by atoms with E-state index in [9.17, 15) is 19.5 Å². The maximum atomic E-state index is 12.7. The summed E-state index contributed by atoms with van der Waals surface area (Å²) in [4.78, 5) is 42.9. The van der Waals surface area contributed by atoms with Gasteiger partial charge in [-0.3, -0.25) is 14.4 Å². The number of aromatic amines is 1. The number of aromatic nitrogens is 1. The van der Waals surface area contributed by atoms with Crippen LogP contribution in [0, 0.1) is 5.41 Å². The molecule has 0 aromatic carbocycles. The number of nitrogens with one attached hydrogen (secondary N) is 1. The van der Waals surface area contributed by atoms with Crippen molar-refractivity contribution in [1.29, 1.82) is 0 Å². The fourth-order valence-corrected chi connectivity index (χ4v) is 5.07. The van der Waals surface area contributed by atoms with Crippen molar-refractivity contribution >= 4 is 11.8 Å². The van der Waals surface area contributed by atoms with Crippen LogP contribution in [-0.2, 0) is 4.79 Å². The zero-order valence-corrected chi connectivity index (χ0v) is 16.2. The van der Waals surface area contributed by atoms with Crippen LogP contribution in [-0.4, -0.2) is 63.5 Å². The van der Waals surface area contributed by atoms with E-state index in [0.717, 1.165) is 51.5 Å². The molecule has 4 rings (SSSR count). The third-order valence-corrected chi connectivity index (χ3v) is 6.94. The van der Waals surface area contributed by atoms with Gasteiger partial charge in [-0.05, 0) is 56.4 Å². The first-order valence-electron chi connectivity index (χ1n) is 10.4. The fourth-order valence-electron chi connectivity index (χ4n) is 5.07. The Bertz CT molecular complexity index is 769. The largest absolute Gasteiger partial charge is 0.393 e. The summed E-state index contributed by atoms with van der Waals surface area (Å²) in [6, 6.07) is 3.21. The van der Waals surface area contributed by atoms with E-state index in [1.165, 1.54) is 12.3 Å². The number of likely N-dealkylation sites (tertiary alicyclic amines) is 2. The number of nitrogens with zero attached hydrogens (tertiary/aromatic N) is 2. The number of pyridine rings is 1. The summed E-state index contributed by atoms with van der Waals surface area (Å²) in [5.41, 5.74) is 0.402. The van der Waals surface area contributed by atoms with E-state index >= 15 is 0 Å². The van der Waals surface area contributed by atoms with Crippen molar-refractivity contribution in [2.24, 2.45) is 5.41 Å². The highest BCUT2D eigenvalue weighted by Crippen LogP contribution is 2.42. The quantitative estimate of drug-likeness (QED) is 0.805. The van der Waals surface area contributed by atoms with Crippen LogP contribution in [0.4, 0.5) is 0 Å². The van der Waals surface area contributed by atoms with E-state index in [1.807, 2.05) is 4.90 Å². The number of aliphatic hydroxyl groups excluding tert-OH is 1. The zero-order chi connectivity index (χ0) is 19.7. The molecule has 3 fully saturated rings. The van der Waals surface area contributed by atoms with Crippen molar-refractivity contribution in [3.05, 3.63) is 34.2 Å². The van der Waals surface area contributed by atoms with Crippen LogP contribution < -0.4 is 5.56 Å². The molecule has 1 spiro atoms. The number of carbonyl (C=O) groups excluding carboxylic acids is 2. The van der Waals surface area contributed by atoms with Gasteiger partial charge in [-0.15, -0.1) is 0 Å². The number of piperidine rings is 2. The molecule has 7 nitrogen and oxygen atoms in total. The van der Waals surface area contributed by atoms with Gasteiger partial charge in [0.05, 0.1) is 11.7 Å². The highest BCUT2D eigenvalue weighted by atomic mass is 16.3. The lowest BCUT2D eigenvalue weighted by molar-refractivity contribution is -0.143. The van der Waals surface area contributed by atoms with Crippen molar-refractivity contribution in [3.8, 4) is 0 Å². The van der Waals surface area contributed by atoms with Gasteiger partial charge in [0.2, 0.25) is 11.5 Å². The number of amides is 2. The fraction of sp³-hybridized carbons (Fsp3) is 0.667. The van der Waals surface area contributed by atoms with E-state index in [2.05, 4.69) is 9.88 Å². The first kappa shape index (κ1) is 19.2. The maximum Gasteiger partial charge on any atom is 0.255 e. The number of hydrogen-bond donors (Lipinski definition) is 2. The van der Waals surface area contributed by atoms with Gasteiger partial charge in [0.1, 0.15) is 0 Å². The van der Waals surface area contributed by atoms with Crippen molar-refractivity contribution in [3.63, 3.8) is 0 Å². The summed E-state index contributed by atoms with van der Waals surface area (Å²) in [5.74, 6) is 0.204. The molecule has 1 aliphatic carbocycles. The molecular weight excluding hydrogens is 358 g/mol. The van der Waals surface area contributed by atoms with Gasteiger partial charge in [-0.25, -0.2) is 0 Å². The number of aliphatic hydroxyl groups is 1. The van der Waals surface area contributed by atoms with E-state index in [1.54, 1.807) is 6.07 Å². The van der Waals surface area contributed by atoms with Crippen LogP contribution in [0.15, 0.2) is 23.1 Å². The van der Waals surface area contributed by atoms with Crippen LogP contribution in [0.3, 0.4) is 0 Å². The molecule has 1 saturated carbocycles. The molecule has 0 unspecified atom stereocenters. The SMILES string of the molecule is O=C(c1ccc(=O)[nH]c1)N1CCC2(CCC(=O)N(C3CCC(O)CC3)C2)CC1. The van der Waals surface area contributed by atoms with Gasteiger partial charge in [-0.2, -0.15) is 0 Å². The molecule has 1 aromatic heterocycles. The second kappa shape index (κ2) is 7.70. The Morgan fingerprint density at radius 3 is 2.43 bits per heavy atom. The minimum atomic E-state index is -0.215. The van der Waals surface area contributed by atoms with Gasteiger partial charge in [0.25, 0.3) is 5.91 Å². The van der Waals surface area contributed by atoms with Crippen molar-refractivity contribution in [1.82, 2.24) is 14.8 Å². The number of H-pyrrole nitrogens is 1. The van der Waals surface area contributed by atoms with Gasteiger partial charge in [0, 0.05) is 44.4 Å². The Kier molecular flexibility index (Phi) is 5.27. The van der Waals surface area contributed by atoms with Gasteiger partial charge in [0.15, 0.2) is 0 Å². The van der Waals surface area contributed by atoms with E-state index in [0.29, 0.717) is 25.1 Å². The van der Waals surface area contributed by atoms with Crippen molar-refractivity contribution < 1.29 is 14.7 Å². The third-order valence-electron chi connectivity index (χ3n) is 6.94. The van der Waals surface area contributed by atoms with Crippen LogP contribution >= 0.6 is 0 Å². The van der Waals surface area contributed by atoms with Crippen LogP contribution in [0.25, 0.3) is 0 Å². The van der Waals surface area contributed by atoms with Gasteiger partial charge < -0.3 is 19.9 Å². The summed E-state index contributed by atoms with van der Waals surface area (Å²) in [5, 5.41) is 9.76. The molecular formula is C21H29N3O4. The molecule has 3 aliphatic rings. The van der Waals surface area contributed by atoms with Crippen molar-refractivity contribution in [2.45, 2.75) is 63.5 Å². The maximum absolute atomic E-state index is 12.7. The number of rotatable bonds is 2. The summed E-state index contributed by atoms with van der Waals surface area (Å²) in [6.07, 6.45) is 7.90. The summed E-state index contributed by atoms with van der Waals surface area (Å²) in [7, 11) is 0. The molecule has 2 saturated heterocycles. The lowest BCUT2D eigenvalue weighted by atomic mass is 9.71. The second-order valence-electron chi connectivity index (χ2n) is 8.72. The molecule has 0 radical (unpaired) electrons. The van der Waals surface area contributed by atoms with Crippen LogP contribution in [0.2, 0.25) is 0 Å². The highest BCUT2D eigenvalue weighted by molar-refractivity contribution is 5.93. The second-order valence-corrected chi connectivity index (χ2v) is 8.72. The van der Waals surface area contributed by atoms with Gasteiger partial charge in [-0.1, -0.05) is 0 Å². The lowest BCUT2D eigenvalue weighted by Crippen LogP contribution is -2.55. The normalized spacial score (nSPS) is 27.8. The standard InChI is InChI=1S/C21H29N3O4/c25-17-4-2-16(3-5-17)24-14-21(8-7-19(24)27)9-11-23(12-10-21)20(28)15-1-6-18(26)22-13-15/h1,6,13,16-17,25H,2-5,7-12,14H2,(H,22,26). The van der Waals surface area contributed by atoms with E-state index in [4.69, 9.17) is 0 Å². The minimum Gasteiger partial charge on any atom is -0.393 e. The first-order chi connectivity index (χ1) is 13.5. The monoisotopic (exact) mass is 387 g/mol. The molecule has 7 heteroatoms. The average Bonchev–Trinajstić information content (AvgIpc) is 2.71. The van der Waals surface area contributed by atoms with E-state index < -0.39 is 0 Å². The molecule has 0 bridgehead atoms. The van der Waals surface area contributed by atoms with Crippen LogP contribution in [0.1, 0.15) is 61.7 Å². The average molecular weight is 387 g/mol. The molecule has 1 aromatic rings. The molecule has 2 N–H and O–H groups in total. The number of carbonyl (C=O) groups is 2.